The molecule has 1 saturated heterocycles. The van der Waals surface area contributed by atoms with Crippen molar-refractivity contribution >= 4 is 62.1 Å². The third-order valence-corrected chi connectivity index (χ3v) is 6.95. The Morgan fingerprint density at radius 2 is 1.91 bits per heavy atom. The fraction of sp³-hybridized carbons (Fsp3) is 0.115. The summed E-state index contributed by atoms with van der Waals surface area (Å²) in [6.45, 7) is 2.42. The molecule has 1 aliphatic rings. The first-order valence-electron chi connectivity index (χ1n) is 10.6. The lowest BCUT2D eigenvalue weighted by Gasteiger charge is -2.15. The lowest BCUT2D eigenvalue weighted by Crippen LogP contribution is -2.44. The lowest BCUT2D eigenvalue weighted by atomic mass is 10.1. The summed E-state index contributed by atoms with van der Waals surface area (Å²) in [5.41, 5.74) is 5.93. The van der Waals surface area contributed by atoms with Crippen LogP contribution in [0.2, 0.25) is 0 Å². The zero-order valence-corrected chi connectivity index (χ0v) is 22.1. The molecule has 0 bridgehead atoms. The smallest absolute Gasteiger partial charge is 0.285 e. The van der Waals surface area contributed by atoms with Crippen LogP contribution in [0.5, 0.6) is 11.5 Å². The molecular formula is C26H21BrN2O4S2. The highest BCUT2D eigenvalue weighted by atomic mass is 79.9. The molecule has 0 saturated carbocycles. The van der Waals surface area contributed by atoms with Gasteiger partial charge >= 0.3 is 0 Å². The van der Waals surface area contributed by atoms with Crippen molar-refractivity contribution in [2.45, 2.75) is 13.5 Å². The molecule has 1 N–H and O–H groups in total. The van der Waals surface area contributed by atoms with Gasteiger partial charge in [0.2, 0.25) is 0 Å². The molecule has 0 aliphatic carbocycles. The molecule has 0 radical (unpaired) electrons. The largest absolute Gasteiger partial charge is 0.493 e. The number of rotatable bonds is 7. The fourth-order valence-corrected chi connectivity index (χ4v) is 5.15. The number of carbonyl (C=O) groups is 2. The topological polar surface area (TPSA) is 67.9 Å². The third kappa shape index (κ3) is 5.93. The van der Waals surface area contributed by atoms with E-state index < -0.39 is 11.8 Å². The Balaban J connectivity index is 1.51. The number of amides is 2. The molecule has 0 spiro atoms. The van der Waals surface area contributed by atoms with Gasteiger partial charge in [0.25, 0.3) is 11.8 Å². The van der Waals surface area contributed by atoms with E-state index in [9.17, 15) is 9.59 Å². The van der Waals surface area contributed by atoms with Gasteiger partial charge in [-0.25, -0.2) is 0 Å². The minimum atomic E-state index is -0.414. The Morgan fingerprint density at radius 3 is 2.63 bits per heavy atom. The highest BCUT2D eigenvalue weighted by Gasteiger charge is 2.34. The van der Waals surface area contributed by atoms with Crippen LogP contribution >= 0.6 is 39.9 Å². The number of halogens is 1. The predicted molar refractivity (Wildman–Crippen MR) is 145 cm³/mol. The molecular weight excluding hydrogens is 548 g/mol. The lowest BCUT2D eigenvalue weighted by molar-refractivity contribution is -0.123. The Morgan fingerprint density at radius 1 is 1.14 bits per heavy atom. The van der Waals surface area contributed by atoms with Crippen LogP contribution in [0.4, 0.5) is 0 Å². The van der Waals surface area contributed by atoms with Crippen molar-refractivity contribution in [3.8, 4) is 11.5 Å². The Labute approximate surface area is 221 Å². The summed E-state index contributed by atoms with van der Waals surface area (Å²) in [4.78, 5) is 25.8. The summed E-state index contributed by atoms with van der Waals surface area (Å²) in [5, 5.41) is 1.09. The number of thioether (sulfide) groups is 1. The maximum Gasteiger partial charge on any atom is 0.285 e. The molecule has 6 nitrogen and oxygen atoms in total. The van der Waals surface area contributed by atoms with Crippen molar-refractivity contribution in [3.63, 3.8) is 0 Å². The van der Waals surface area contributed by atoms with Gasteiger partial charge in [-0.1, -0.05) is 59.8 Å². The molecule has 3 aromatic rings. The monoisotopic (exact) mass is 568 g/mol. The maximum absolute atomic E-state index is 12.9. The van der Waals surface area contributed by atoms with Gasteiger partial charge in [0, 0.05) is 5.56 Å². The van der Waals surface area contributed by atoms with Gasteiger partial charge < -0.3 is 9.47 Å². The SMILES string of the molecule is COc1cc(/C=C2/SC(=S)N(NC(=O)c3ccccc3)C2=O)cc(Br)c1OCc1cccc(C)c1. The minimum absolute atomic E-state index is 0.245. The average Bonchev–Trinajstić information content (AvgIpc) is 3.10. The Bertz CT molecular complexity index is 1330. The molecule has 1 heterocycles. The Hall–Kier alpha value is -3.14. The predicted octanol–water partition coefficient (Wildman–Crippen LogP) is 5.89. The van der Waals surface area contributed by atoms with Crippen molar-refractivity contribution in [2.24, 2.45) is 0 Å². The van der Waals surface area contributed by atoms with E-state index in [2.05, 4.69) is 27.4 Å². The summed E-state index contributed by atoms with van der Waals surface area (Å²) in [6, 6.07) is 20.3. The maximum atomic E-state index is 12.9. The molecule has 1 aliphatic heterocycles. The Kier molecular flexibility index (Phi) is 7.90. The minimum Gasteiger partial charge on any atom is -0.493 e. The van der Waals surface area contributed by atoms with E-state index in [0.717, 1.165) is 27.9 Å². The molecule has 0 unspecified atom stereocenters. The first-order chi connectivity index (χ1) is 16.9. The number of ether oxygens (including phenoxy) is 2. The molecule has 1 fully saturated rings. The number of thiocarbonyl (C=S) groups is 1. The quantitative estimate of drug-likeness (QED) is 0.283. The van der Waals surface area contributed by atoms with E-state index in [1.54, 1.807) is 43.5 Å². The second kappa shape index (κ2) is 11.1. The second-order valence-corrected chi connectivity index (χ2v) is 10.2. The van der Waals surface area contributed by atoms with E-state index in [1.807, 2.05) is 37.3 Å². The summed E-state index contributed by atoms with van der Waals surface area (Å²) in [7, 11) is 1.56. The highest BCUT2D eigenvalue weighted by molar-refractivity contribution is 9.10. The van der Waals surface area contributed by atoms with Crippen molar-refractivity contribution in [1.29, 1.82) is 0 Å². The van der Waals surface area contributed by atoms with Crippen LogP contribution in [0.15, 0.2) is 76.1 Å². The van der Waals surface area contributed by atoms with Crippen molar-refractivity contribution in [2.75, 3.05) is 7.11 Å². The second-order valence-electron chi connectivity index (χ2n) is 7.64. The molecule has 4 rings (SSSR count). The van der Waals surface area contributed by atoms with Crippen LogP contribution in [-0.2, 0) is 11.4 Å². The summed E-state index contributed by atoms with van der Waals surface area (Å²) < 4.78 is 12.5. The van der Waals surface area contributed by atoms with Crippen LogP contribution < -0.4 is 14.9 Å². The standard InChI is InChI=1S/C26H21BrN2O4S2/c1-16-7-6-8-17(11-16)15-33-23-20(27)12-18(13-21(23)32-2)14-22-25(31)29(26(34)35-22)28-24(30)19-9-4-3-5-10-19/h3-14H,15H2,1-2H3,(H,28,30)/b22-14+. The summed E-state index contributed by atoms with van der Waals surface area (Å²) in [6.07, 6.45) is 1.70. The molecule has 2 amide bonds. The average molecular weight is 570 g/mol. The molecule has 9 heteroatoms. The van der Waals surface area contributed by atoms with Gasteiger partial charge in [0.05, 0.1) is 16.5 Å². The van der Waals surface area contributed by atoms with E-state index in [0.29, 0.717) is 38.6 Å². The van der Waals surface area contributed by atoms with Gasteiger partial charge in [0.15, 0.2) is 15.8 Å². The van der Waals surface area contributed by atoms with Gasteiger partial charge in [-0.2, -0.15) is 5.01 Å². The number of nitrogens with zero attached hydrogens (tertiary/aromatic N) is 1. The van der Waals surface area contributed by atoms with Crippen molar-refractivity contribution in [3.05, 3.63) is 98.4 Å². The zero-order valence-electron chi connectivity index (χ0n) is 18.9. The highest BCUT2D eigenvalue weighted by Crippen LogP contribution is 2.39. The van der Waals surface area contributed by atoms with Crippen LogP contribution in [-0.4, -0.2) is 28.3 Å². The molecule has 0 aromatic heterocycles. The summed E-state index contributed by atoms with van der Waals surface area (Å²) in [5.74, 6) is 0.266. The molecule has 0 atom stereocenters. The van der Waals surface area contributed by atoms with E-state index in [4.69, 9.17) is 21.7 Å². The zero-order chi connectivity index (χ0) is 24.9. The number of benzene rings is 3. The number of hydrogen-bond donors (Lipinski definition) is 1. The number of aryl methyl sites for hydroxylation is 1. The fourth-order valence-electron chi connectivity index (χ4n) is 3.39. The molecule has 178 valence electrons. The van der Waals surface area contributed by atoms with Gasteiger partial charge in [0.1, 0.15) is 6.61 Å². The van der Waals surface area contributed by atoms with Crippen LogP contribution in [0.1, 0.15) is 27.0 Å². The first kappa shape index (κ1) is 25.0. The number of carbonyl (C=O) groups excluding carboxylic acids is 2. The normalized spacial score (nSPS) is 14.4. The number of nitrogens with one attached hydrogen (secondary N) is 1. The number of hydrazine groups is 1. The van der Waals surface area contributed by atoms with Crippen LogP contribution in [0, 0.1) is 6.92 Å². The van der Waals surface area contributed by atoms with E-state index in [1.165, 1.54) is 0 Å². The first-order valence-corrected chi connectivity index (χ1v) is 12.6. The molecule has 3 aromatic carbocycles. The van der Waals surface area contributed by atoms with Gasteiger partial charge in [-0.3, -0.25) is 15.0 Å². The third-order valence-electron chi connectivity index (χ3n) is 5.06. The van der Waals surface area contributed by atoms with Crippen LogP contribution in [0.3, 0.4) is 0 Å². The van der Waals surface area contributed by atoms with Crippen molar-refractivity contribution < 1.29 is 19.1 Å². The number of methoxy groups -OCH3 is 1. The molecule has 35 heavy (non-hydrogen) atoms. The van der Waals surface area contributed by atoms with E-state index >= 15 is 0 Å². The van der Waals surface area contributed by atoms with Crippen molar-refractivity contribution in [1.82, 2.24) is 10.4 Å². The van der Waals surface area contributed by atoms with Crippen LogP contribution in [0.25, 0.3) is 6.08 Å². The van der Waals surface area contributed by atoms with Gasteiger partial charge in [-0.15, -0.1) is 0 Å². The van der Waals surface area contributed by atoms with Gasteiger partial charge in [-0.05, 0) is 76.5 Å². The summed E-state index contributed by atoms with van der Waals surface area (Å²) >= 11 is 9.99. The van der Waals surface area contributed by atoms with E-state index in [-0.39, 0.29) is 4.32 Å². The number of hydrogen-bond acceptors (Lipinski definition) is 6.